The van der Waals surface area contributed by atoms with Gasteiger partial charge in [-0.3, -0.25) is 0 Å². The molecule has 54 valence electrons. The van der Waals surface area contributed by atoms with Crippen LogP contribution in [0.15, 0.2) is 0 Å². The first-order valence-corrected chi connectivity index (χ1v) is 2.77. The Morgan fingerprint density at radius 1 is 1.44 bits per heavy atom. The van der Waals surface area contributed by atoms with E-state index in [1.54, 1.807) is 0 Å². The predicted molar refractivity (Wildman–Crippen MR) is 27.1 cm³/mol. The third-order valence-corrected chi connectivity index (χ3v) is 1.77. The first-order valence-electron chi connectivity index (χ1n) is 2.77. The van der Waals surface area contributed by atoms with Crippen molar-refractivity contribution in [3.05, 3.63) is 0 Å². The lowest BCUT2D eigenvalue weighted by atomic mass is 9.90. The largest absolute Gasteiger partial charge is 0.406 e. The molecule has 0 saturated carbocycles. The van der Waals surface area contributed by atoms with Crippen LogP contribution in [0.2, 0.25) is 0 Å². The fourth-order valence-electron chi connectivity index (χ4n) is 0.742. The second kappa shape index (κ2) is 1.62. The number of alkyl halides is 3. The van der Waals surface area contributed by atoms with Crippen molar-refractivity contribution in [3.63, 3.8) is 0 Å². The lowest BCUT2D eigenvalue weighted by Crippen LogP contribution is -2.63. The van der Waals surface area contributed by atoms with Crippen molar-refractivity contribution in [2.24, 2.45) is 0 Å². The molecule has 0 amide bonds. The fourth-order valence-corrected chi connectivity index (χ4v) is 0.742. The van der Waals surface area contributed by atoms with Gasteiger partial charge in [-0.15, -0.1) is 0 Å². The summed E-state index contributed by atoms with van der Waals surface area (Å²) in [6, 6.07) is 0. The molecule has 1 atom stereocenters. The van der Waals surface area contributed by atoms with E-state index in [2.05, 4.69) is 5.32 Å². The summed E-state index contributed by atoms with van der Waals surface area (Å²) in [5.41, 5.74) is -1.59. The average molecular weight is 139 g/mol. The summed E-state index contributed by atoms with van der Waals surface area (Å²) in [7, 11) is 0. The highest BCUT2D eigenvalue weighted by molar-refractivity contribution is 4.98. The number of halogens is 3. The number of hydrogen-bond acceptors (Lipinski definition) is 1. The zero-order valence-corrected chi connectivity index (χ0v) is 5.05. The van der Waals surface area contributed by atoms with Gasteiger partial charge >= 0.3 is 6.18 Å². The summed E-state index contributed by atoms with van der Waals surface area (Å²) in [6.07, 6.45) is -3.87. The maximum absolute atomic E-state index is 11.8. The first-order chi connectivity index (χ1) is 3.96. The third-order valence-electron chi connectivity index (χ3n) is 1.77. The van der Waals surface area contributed by atoms with Crippen LogP contribution in [-0.2, 0) is 0 Å². The molecule has 1 fully saturated rings. The van der Waals surface area contributed by atoms with Gasteiger partial charge in [-0.1, -0.05) is 0 Å². The highest BCUT2D eigenvalue weighted by Gasteiger charge is 2.54. The van der Waals surface area contributed by atoms with Gasteiger partial charge in [-0.2, -0.15) is 13.2 Å². The average Bonchev–Trinajstić information content (AvgIpc) is 1.57. The molecule has 1 saturated heterocycles. The standard InChI is InChI=1S/C5H8F3N/c1-4(2-3-9-4)5(6,7)8/h9H,2-3H2,1H3. The minimum atomic E-state index is -4.08. The molecule has 0 aliphatic carbocycles. The van der Waals surface area contributed by atoms with Gasteiger partial charge in [0.15, 0.2) is 0 Å². The molecule has 1 aliphatic heterocycles. The molecule has 9 heavy (non-hydrogen) atoms. The molecule has 1 N–H and O–H groups in total. The number of rotatable bonds is 0. The van der Waals surface area contributed by atoms with Crippen LogP contribution in [0.25, 0.3) is 0 Å². The van der Waals surface area contributed by atoms with Gasteiger partial charge in [0, 0.05) is 0 Å². The van der Waals surface area contributed by atoms with Crippen LogP contribution in [0.3, 0.4) is 0 Å². The van der Waals surface area contributed by atoms with Crippen LogP contribution in [0.1, 0.15) is 13.3 Å². The van der Waals surface area contributed by atoms with E-state index in [1.807, 2.05) is 0 Å². The van der Waals surface area contributed by atoms with E-state index in [0.717, 1.165) is 0 Å². The van der Waals surface area contributed by atoms with Crippen molar-refractivity contribution in [1.29, 1.82) is 0 Å². The van der Waals surface area contributed by atoms with E-state index in [0.29, 0.717) is 6.54 Å². The second-order valence-corrected chi connectivity index (χ2v) is 2.51. The topological polar surface area (TPSA) is 12.0 Å². The summed E-state index contributed by atoms with van der Waals surface area (Å²) in [4.78, 5) is 0. The van der Waals surface area contributed by atoms with E-state index in [-0.39, 0.29) is 6.42 Å². The SMILES string of the molecule is CC1(C(F)(F)F)CCN1. The zero-order valence-electron chi connectivity index (χ0n) is 5.05. The molecule has 1 aliphatic rings. The summed E-state index contributed by atoms with van der Waals surface area (Å²) < 4.78 is 35.5. The summed E-state index contributed by atoms with van der Waals surface area (Å²) in [5, 5.41) is 2.34. The Morgan fingerprint density at radius 2 is 1.89 bits per heavy atom. The zero-order chi connectivity index (χ0) is 7.12. The van der Waals surface area contributed by atoms with Crippen molar-refractivity contribution < 1.29 is 13.2 Å². The van der Waals surface area contributed by atoms with Crippen LogP contribution in [-0.4, -0.2) is 18.3 Å². The molecule has 0 aromatic rings. The smallest absolute Gasteiger partial charge is 0.304 e. The maximum atomic E-state index is 11.8. The van der Waals surface area contributed by atoms with Crippen molar-refractivity contribution in [3.8, 4) is 0 Å². The van der Waals surface area contributed by atoms with E-state index < -0.39 is 11.7 Å². The Morgan fingerprint density at radius 3 is 1.89 bits per heavy atom. The fraction of sp³-hybridized carbons (Fsp3) is 1.00. The van der Waals surface area contributed by atoms with Gasteiger partial charge in [0.2, 0.25) is 0 Å². The molecule has 1 heterocycles. The molecule has 0 spiro atoms. The van der Waals surface area contributed by atoms with Gasteiger partial charge in [-0.25, -0.2) is 0 Å². The summed E-state index contributed by atoms with van der Waals surface area (Å²) in [6.45, 7) is 1.66. The Bertz CT molecular complexity index is 114. The van der Waals surface area contributed by atoms with Crippen LogP contribution < -0.4 is 5.32 Å². The lowest BCUT2D eigenvalue weighted by molar-refractivity contribution is -0.209. The minimum Gasteiger partial charge on any atom is -0.304 e. The summed E-state index contributed by atoms with van der Waals surface area (Å²) in [5.74, 6) is 0. The molecular weight excluding hydrogens is 131 g/mol. The molecule has 1 rings (SSSR count). The van der Waals surface area contributed by atoms with Crippen LogP contribution in [0.4, 0.5) is 13.2 Å². The first kappa shape index (κ1) is 6.86. The molecule has 1 nitrogen and oxygen atoms in total. The number of hydrogen-bond donors (Lipinski definition) is 1. The highest BCUT2D eigenvalue weighted by Crippen LogP contribution is 2.36. The van der Waals surface area contributed by atoms with Crippen molar-refractivity contribution >= 4 is 0 Å². The Hall–Kier alpha value is -0.250. The van der Waals surface area contributed by atoms with Gasteiger partial charge in [0.05, 0.1) is 0 Å². The van der Waals surface area contributed by atoms with E-state index in [1.165, 1.54) is 6.92 Å². The quantitative estimate of drug-likeness (QED) is 0.533. The van der Waals surface area contributed by atoms with Crippen molar-refractivity contribution in [2.45, 2.75) is 25.1 Å². The number of nitrogens with one attached hydrogen (secondary N) is 1. The molecule has 0 bridgehead atoms. The van der Waals surface area contributed by atoms with Gasteiger partial charge in [0.25, 0.3) is 0 Å². The highest BCUT2D eigenvalue weighted by atomic mass is 19.4. The molecular formula is C5H8F3N. The van der Waals surface area contributed by atoms with Crippen LogP contribution in [0.5, 0.6) is 0 Å². The van der Waals surface area contributed by atoms with Crippen LogP contribution >= 0.6 is 0 Å². The molecule has 0 radical (unpaired) electrons. The third kappa shape index (κ3) is 0.913. The molecule has 4 heteroatoms. The van der Waals surface area contributed by atoms with Gasteiger partial charge < -0.3 is 5.32 Å². The molecule has 0 aromatic carbocycles. The van der Waals surface area contributed by atoms with E-state index >= 15 is 0 Å². The monoisotopic (exact) mass is 139 g/mol. The Balaban J connectivity index is 2.59. The van der Waals surface area contributed by atoms with Crippen LogP contribution in [0, 0.1) is 0 Å². The maximum Gasteiger partial charge on any atom is 0.406 e. The predicted octanol–water partition coefficient (Wildman–Crippen LogP) is 1.30. The molecule has 0 aromatic heterocycles. The summed E-state index contributed by atoms with van der Waals surface area (Å²) >= 11 is 0. The normalized spacial score (nSPS) is 36.0. The Kier molecular flexibility index (Phi) is 1.24. The Labute approximate surface area is 51.2 Å². The van der Waals surface area contributed by atoms with Gasteiger partial charge in [0.1, 0.15) is 5.54 Å². The van der Waals surface area contributed by atoms with Crippen molar-refractivity contribution in [2.75, 3.05) is 6.54 Å². The molecule has 1 unspecified atom stereocenters. The lowest BCUT2D eigenvalue weighted by Gasteiger charge is -2.41. The van der Waals surface area contributed by atoms with Gasteiger partial charge in [-0.05, 0) is 19.9 Å². The minimum absolute atomic E-state index is 0.205. The second-order valence-electron chi connectivity index (χ2n) is 2.51. The van der Waals surface area contributed by atoms with Crippen molar-refractivity contribution in [1.82, 2.24) is 5.32 Å². The van der Waals surface area contributed by atoms with E-state index in [4.69, 9.17) is 0 Å². The van der Waals surface area contributed by atoms with E-state index in [9.17, 15) is 13.2 Å².